The number of amides is 1. The molecule has 1 aromatic rings. The summed E-state index contributed by atoms with van der Waals surface area (Å²) in [6.45, 7) is 1.58. The number of likely N-dealkylation sites (tertiary alicyclic amines) is 1. The number of nitrogens with one attached hydrogen (secondary N) is 1. The number of likely N-dealkylation sites (N-methyl/N-ethyl adjacent to an activating group) is 1. The van der Waals surface area contributed by atoms with E-state index in [-0.39, 0.29) is 11.9 Å². The van der Waals surface area contributed by atoms with Gasteiger partial charge in [0.25, 0.3) is 0 Å². The number of rotatable bonds is 3. The van der Waals surface area contributed by atoms with Gasteiger partial charge in [-0.25, -0.2) is 0 Å². The second kappa shape index (κ2) is 5.75. The van der Waals surface area contributed by atoms with Crippen molar-refractivity contribution >= 4 is 28.8 Å². The highest BCUT2D eigenvalue weighted by atomic mass is 35.5. The molecule has 7 heteroatoms. The summed E-state index contributed by atoms with van der Waals surface area (Å²) in [6.07, 6.45) is 3.14. The van der Waals surface area contributed by atoms with Crippen LogP contribution in [0.5, 0.6) is 0 Å². The first-order valence-corrected chi connectivity index (χ1v) is 6.83. The van der Waals surface area contributed by atoms with Gasteiger partial charge >= 0.3 is 0 Å². The molecule has 0 radical (unpaired) electrons. The molecule has 2 heterocycles. The summed E-state index contributed by atoms with van der Waals surface area (Å²) < 4.78 is 0.452. The molecule has 94 valence electrons. The van der Waals surface area contributed by atoms with Crippen molar-refractivity contribution in [3.63, 3.8) is 0 Å². The second-order valence-electron chi connectivity index (χ2n) is 4.05. The molecule has 1 saturated heterocycles. The van der Waals surface area contributed by atoms with Crippen LogP contribution in [0.25, 0.3) is 0 Å². The molecule has 0 aromatic carbocycles. The van der Waals surface area contributed by atoms with E-state index >= 15 is 0 Å². The van der Waals surface area contributed by atoms with Crippen LogP contribution in [0, 0.1) is 0 Å². The van der Waals surface area contributed by atoms with Gasteiger partial charge in [0.15, 0.2) is 0 Å². The lowest BCUT2D eigenvalue weighted by Gasteiger charge is -2.33. The summed E-state index contributed by atoms with van der Waals surface area (Å²) in [5.41, 5.74) is 0. The molecule has 1 amide bonds. The van der Waals surface area contributed by atoms with Gasteiger partial charge in [0.2, 0.25) is 10.4 Å². The van der Waals surface area contributed by atoms with Crippen LogP contribution >= 0.6 is 22.9 Å². The number of halogens is 1. The Bertz CT molecular complexity index is 397. The number of hydrogen-bond acceptors (Lipinski definition) is 5. The SMILES string of the molecule is CNC(=O)C1CCCCN1Cc1nnc(Cl)s1. The highest BCUT2D eigenvalue weighted by Crippen LogP contribution is 2.22. The van der Waals surface area contributed by atoms with Crippen LogP contribution < -0.4 is 5.32 Å². The van der Waals surface area contributed by atoms with E-state index < -0.39 is 0 Å². The third kappa shape index (κ3) is 3.14. The van der Waals surface area contributed by atoms with Gasteiger partial charge in [0.05, 0.1) is 12.6 Å². The molecule has 17 heavy (non-hydrogen) atoms. The fraction of sp³-hybridized carbons (Fsp3) is 0.700. The minimum atomic E-state index is -0.0450. The molecule has 0 aliphatic carbocycles. The van der Waals surface area contributed by atoms with Crippen molar-refractivity contribution in [2.75, 3.05) is 13.6 Å². The predicted octanol–water partition coefficient (Wildman–Crippen LogP) is 1.29. The molecule has 1 unspecified atom stereocenters. The maximum atomic E-state index is 11.8. The number of piperidine rings is 1. The van der Waals surface area contributed by atoms with Crippen molar-refractivity contribution in [1.82, 2.24) is 20.4 Å². The zero-order valence-electron chi connectivity index (χ0n) is 9.65. The van der Waals surface area contributed by atoms with E-state index in [4.69, 9.17) is 11.6 Å². The maximum absolute atomic E-state index is 11.8. The zero-order valence-corrected chi connectivity index (χ0v) is 11.2. The molecule has 1 aliphatic heterocycles. The van der Waals surface area contributed by atoms with E-state index in [1.54, 1.807) is 7.05 Å². The molecule has 1 atom stereocenters. The van der Waals surface area contributed by atoms with Gasteiger partial charge in [-0.2, -0.15) is 0 Å². The van der Waals surface area contributed by atoms with Gasteiger partial charge < -0.3 is 5.32 Å². The van der Waals surface area contributed by atoms with Crippen molar-refractivity contribution in [1.29, 1.82) is 0 Å². The Morgan fingerprint density at radius 3 is 3.06 bits per heavy atom. The molecule has 1 N–H and O–H groups in total. The molecule has 1 aromatic heterocycles. The molecule has 1 aliphatic rings. The van der Waals surface area contributed by atoms with E-state index in [1.807, 2.05) is 0 Å². The molecule has 2 rings (SSSR count). The molecular formula is C10H15ClN4OS. The average molecular weight is 275 g/mol. The minimum absolute atomic E-state index is 0.0450. The summed E-state index contributed by atoms with van der Waals surface area (Å²) in [5.74, 6) is 0.0836. The minimum Gasteiger partial charge on any atom is -0.358 e. The Labute approximate surface area is 109 Å². The second-order valence-corrected chi connectivity index (χ2v) is 5.69. The Morgan fingerprint density at radius 1 is 1.59 bits per heavy atom. The van der Waals surface area contributed by atoms with Gasteiger partial charge in [-0.1, -0.05) is 17.8 Å². The lowest BCUT2D eigenvalue weighted by Crippen LogP contribution is -2.48. The van der Waals surface area contributed by atoms with Crippen molar-refractivity contribution in [3.05, 3.63) is 9.47 Å². The lowest BCUT2D eigenvalue weighted by atomic mass is 10.0. The van der Waals surface area contributed by atoms with Crippen molar-refractivity contribution in [2.24, 2.45) is 0 Å². The van der Waals surface area contributed by atoms with Crippen LogP contribution in [0.3, 0.4) is 0 Å². The van der Waals surface area contributed by atoms with Crippen LogP contribution in [0.15, 0.2) is 0 Å². The van der Waals surface area contributed by atoms with Crippen molar-refractivity contribution in [3.8, 4) is 0 Å². The number of hydrogen-bond donors (Lipinski definition) is 1. The molecular weight excluding hydrogens is 260 g/mol. The van der Waals surface area contributed by atoms with Gasteiger partial charge in [-0.3, -0.25) is 9.69 Å². The predicted molar refractivity (Wildman–Crippen MR) is 67.0 cm³/mol. The van der Waals surface area contributed by atoms with Crippen LogP contribution in [-0.2, 0) is 11.3 Å². The number of aromatic nitrogens is 2. The van der Waals surface area contributed by atoms with Crippen LogP contribution in [0.1, 0.15) is 24.3 Å². The number of carbonyl (C=O) groups is 1. The largest absolute Gasteiger partial charge is 0.358 e. The third-order valence-electron chi connectivity index (χ3n) is 2.94. The van der Waals surface area contributed by atoms with Gasteiger partial charge in [-0.05, 0) is 31.0 Å². The van der Waals surface area contributed by atoms with Gasteiger partial charge in [-0.15, -0.1) is 10.2 Å². The fourth-order valence-corrected chi connectivity index (χ4v) is 3.01. The smallest absolute Gasteiger partial charge is 0.237 e. The quantitative estimate of drug-likeness (QED) is 0.902. The first kappa shape index (κ1) is 12.7. The highest BCUT2D eigenvalue weighted by Gasteiger charge is 2.28. The summed E-state index contributed by atoms with van der Waals surface area (Å²) in [6, 6.07) is -0.0450. The van der Waals surface area contributed by atoms with Crippen molar-refractivity contribution in [2.45, 2.75) is 31.8 Å². The monoisotopic (exact) mass is 274 g/mol. The normalized spacial score (nSPS) is 21.4. The first-order chi connectivity index (χ1) is 8.20. The molecule has 0 saturated carbocycles. The lowest BCUT2D eigenvalue weighted by molar-refractivity contribution is -0.127. The molecule has 0 spiro atoms. The first-order valence-electron chi connectivity index (χ1n) is 5.64. The number of carbonyl (C=O) groups excluding carboxylic acids is 1. The summed E-state index contributed by atoms with van der Waals surface area (Å²) in [7, 11) is 1.68. The van der Waals surface area contributed by atoms with E-state index in [1.165, 1.54) is 11.3 Å². The standard InChI is InChI=1S/C10H15ClN4OS/c1-12-9(16)7-4-2-3-5-15(7)6-8-13-14-10(11)17-8/h7H,2-6H2,1H3,(H,12,16). The molecule has 5 nitrogen and oxygen atoms in total. The van der Waals surface area contributed by atoms with Gasteiger partial charge in [0, 0.05) is 7.05 Å². The van der Waals surface area contributed by atoms with Crippen molar-refractivity contribution < 1.29 is 4.79 Å². The zero-order chi connectivity index (χ0) is 12.3. The number of nitrogens with zero attached hydrogens (tertiary/aromatic N) is 3. The summed E-state index contributed by atoms with van der Waals surface area (Å²) in [4.78, 5) is 13.9. The van der Waals surface area contributed by atoms with Gasteiger partial charge in [0.1, 0.15) is 5.01 Å². The average Bonchev–Trinajstić information content (AvgIpc) is 2.74. The third-order valence-corrected chi connectivity index (χ3v) is 3.95. The summed E-state index contributed by atoms with van der Waals surface area (Å²) >= 11 is 7.12. The Kier molecular flexibility index (Phi) is 4.31. The van der Waals surface area contributed by atoms with E-state index in [0.29, 0.717) is 11.0 Å². The maximum Gasteiger partial charge on any atom is 0.237 e. The van der Waals surface area contributed by atoms with E-state index in [2.05, 4.69) is 20.4 Å². The van der Waals surface area contributed by atoms with E-state index in [0.717, 1.165) is 30.8 Å². The molecule has 1 fully saturated rings. The fourth-order valence-electron chi connectivity index (χ4n) is 2.11. The van der Waals surface area contributed by atoms with Crippen LogP contribution in [-0.4, -0.2) is 40.6 Å². The van der Waals surface area contributed by atoms with Crippen LogP contribution in [0.2, 0.25) is 4.47 Å². The summed E-state index contributed by atoms with van der Waals surface area (Å²) in [5, 5.41) is 11.4. The highest BCUT2D eigenvalue weighted by molar-refractivity contribution is 7.15. The van der Waals surface area contributed by atoms with Crippen LogP contribution in [0.4, 0.5) is 0 Å². The topological polar surface area (TPSA) is 58.1 Å². The Morgan fingerprint density at radius 2 is 2.41 bits per heavy atom. The van der Waals surface area contributed by atoms with E-state index in [9.17, 15) is 4.79 Å². The Balaban J connectivity index is 2.03. The Hall–Kier alpha value is -0.720. The molecule has 0 bridgehead atoms.